The van der Waals surface area contributed by atoms with Crippen molar-refractivity contribution in [2.75, 3.05) is 19.5 Å². The molecule has 5 heteroatoms. The number of benzene rings is 3. The van der Waals surface area contributed by atoms with E-state index in [9.17, 15) is 4.79 Å². The van der Waals surface area contributed by atoms with E-state index >= 15 is 0 Å². The number of anilines is 1. The molecule has 0 fully saturated rings. The summed E-state index contributed by atoms with van der Waals surface area (Å²) in [6.07, 6.45) is 0. The van der Waals surface area contributed by atoms with Gasteiger partial charge in [-0.15, -0.1) is 0 Å². The Hall–Kier alpha value is -3.47. The molecule has 0 aliphatic carbocycles. The molecule has 0 atom stereocenters. The second kappa shape index (κ2) is 8.07. The summed E-state index contributed by atoms with van der Waals surface area (Å²) in [5, 5.41) is 2.86. The average molecular weight is 349 g/mol. The first-order valence-electron chi connectivity index (χ1n) is 8.06. The Morgan fingerprint density at radius 2 is 1.42 bits per heavy atom. The number of rotatable bonds is 6. The van der Waals surface area contributed by atoms with E-state index in [1.165, 1.54) is 0 Å². The fraction of sp³-hybridized carbons (Fsp3) is 0.0952. The molecule has 0 heterocycles. The van der Waals surface area contributed by atoms with Crippen LogP contribution in [0.1, 0.15) is 10.4 Å². The van der Waals surface area contributed by atoms with E-state index in [4.69, 9.17) is 14.2 Å². The van der Waals surface area contributed by atoms with Crippen LogP contribution in [0.3, 0.4) is 0 Å². The normalized spacial score (nSPS) is 10.1. The van der Waals surface area contributed by atoms with Gasteiger partial charge in [-0.2, -0.15) is 0 Å². The van der Waals surface area contributed by atoms with Gasteiger partial charge >= 0.3 is 0 Å². The first kappa shape index (κ1) is 17.4. The van der Waals surface area contributed by atoms with Crippen LogP contribution in [-0.4, -0.2) is 20.1 Å². The van der Waals surface area contributed by atoms with Gasteiger partial charge in [-0.05, 0) is 36.4 Å². The van der Waals surface area contributed by atoms with Crippen molar-refractivity contribution in [1.29, 1.82) is 0 Å². The summed E-state index contributed by atoms with van der Waals surface area (Å²) in [4.78, 5) is 12.7. The average Bonchev–Trinajstić information content (AvgIpc) is 2.68. The second-order valence-corrected chi connectivity index (χ2v) is 5.46. The number of nitrogens with one attached hydrogen (secondary N) is 1. The van der Waals surface area contributed by atoms with Crippen LogP contribution < -0.4 is 19.5 Å². The van der Waals surface area contributed by atoms with E-state index in [0.29, 0.717) is 34.2 Å². The molecular formula is C21H19NO4. The highest BCUT2D eigenvalue weighted by molar-refractivity contribution is 6.06. The van der Waals surface area contributed by atoms with Crippen LogP contribution in [0.25, 0.3) is 0 Å². The molecule has 3 aromatic carbocycles. The van der Waals surface area contributed by atoms with E-state index in [2.05, 4.69) is 5.32 Å². The van der Waals surface area contributed by atoms with Crippen molar-refractivity contribution in [2.45, 2.75) is 0 Å². The fourth-order valence-corrected chi connectivity index (χ4v) is 2.43. The first-order valence-corrected chi connectivity index (χ1v) is 8.06. The second-order valence-electron chi connectivity index (χ2n) is 5.46. The third-order valence-corrected chi connectivity index (χ3v) is 3.73. The van der Waals surface area contributed by atoms with Crippen LogP contribution >= 0.6 is 0 Å². The van der Waals surface area contributed by atoms with Crippen LogP contribution in [0, 0.1) is 0 Å². The van der Waals surface area contributed by atoms with Gasteiger partial charge in [-0.1, -0.05) is 24.3 Å². The lowest BCUT2D eigenvalue weighted by atomic mass is 10.1. The number of carbonyl (C=O) groups is 1. The molecule has 0 radical (unpaired) electrons. The van der Waals surface area contributed by atoms with Crippen molar-refractivity contribution in [3.05, 3.63) is 78.4 Å². The molecule has 26 heavy (non-hydrogen) atoms. The van der Waals surface area contributed by atoms with Crippen LogP contribution in [0.4, 0.5) is 5.69 Å². The number of ether oxygens (including phenoxy) is 3. The van der Waals surface area contributed by atoms with Crippen LogP contribution in [0.15, 0.2) is 72.8 Å². The number of carbonyl (C=O) groups excluding carboxylic acids is 1. The highest BCUT2D eigenvalue weighted by Crippen LogP contribution is 2.28. The molecule has 3 rings (SSSR count). The van der Waals surface area contributed by atoms with Crippen LogP contribution in [0.2, 0.25) is 0 Å². The SMILES string of the molecule is COc1cccc(NC(=O)c2ccccc2Oc2cccc(OC)c2)c1. The quantitative estimate of drug-likeness (QED) is 0.698. The lowest BCUT2D eigenvalue weighted by Gasteiger charge is -2.12. The third-order valence-electron chi connectivity index (χ3n) is 3.73. The number of para-hydroxylation sites is 1. The molecule has 0 aliphatic rings. The fourth-order valence-electron chi connectivity index (χ4n) is 2.43. The van der Waals surface area contributed by atoms with Gasteiger partial charge in [0.1, 0.15) is 23.0 Å². The monoisotopic (exact) mass is 349 g/mol. The smallest absolute Gasteiger partial charge is 0.259 e. The molecule has 5 nitrogen and oxygen atoms in total. The molecule has 0 unspecified atom stereocenters. The summed E-state index contributed by atoms with van der Waals surface area (Å²) in [7, 11) is 3.17. The van der Waals surface area contributed by atoms with Crippen LogP contribution in [-0.2, 0) is 0 Å². The molecule has 0 saturated carbocycles. The summed E-state index contributed by atoms with van der Waals surface area (Å²) in [6.45, 7) is 0. The summed E-state index contributed by atoms with van der Waals surface area (Å²) in [5.74, 6) is 2.13. The van der Waals surface area contributed by atoms with Gasteiger partial charge in [0.2, 0.25) is 0 Å². The molecule has 0 bridgehead atoms. The standard InChI is InChI=1S/C21H19NO4/c1-24-16-8-5-7-15(13-16)22-21(23)19-11-3-4-12-20(19)26-18-10-6-9-17(14-18)25-2/h3-14H,1-2H3,(H,22,23). The maximum absolute atomic E-state index is 12.7. The van der Waals surface area contributed by atoms with Gasteiger partial charge in [0.15, 0.2) is 0 Å². The van der Waals surface area contributed by atoms with E-state index in [0.717, 1.165) is 0 Å². The van der Waals surface area contributed by atoms with Crippen molar-refractivity contribution in [2.24, 2.45) is 0 Å². The van der Waals surface area contributed by atoms with Crippen molar-refractivity contribution >= 4 is 11.6 Å². The minimum absolute atomic E-state index is 0.267. The lowest BCUT2D eigenvalue weighted by Crippen LogP contribution is -2.13. The summed E-state index contributed by atoms with van der Waals surface area (Å²) >= 11 is 0. The minimum Gasteiger partial charge on any atom is -0.497 e. The Morgan fingerprint density at radius 3 is 2.19 bits per heavy atom. The molecule has 3 aromatic rings. The molecule has 0 aromatic heterocycles. The first-order chi connectivity index (χ1) is 12.7. The zero-order valence-corrected chi connectivity index (χ0v) is 14.6. The Balaban J connectivity index is 1.82. The minimum atomic E-state index is -0.267. The Morgan fingerprint density at radius 1 is 0.769 bits per heavy atom. The van der Waals surface area contributed by atoms with E-state index in [1.54, 1.807) is 56.7 Å². The molecule has 1 amide bonds. The maximum Gasteiger partial charge on any atom is 0.259 e. The molecule has 132 valence electrons. The van der Waals surface area contributed by atoms with E-state index in [-0.39, 0.29) is 5.91 Å². The summed E-state index contributed by atoms with van der Waals surface area (Å²) in [6, 6.07) is 21.5. The number of amides is 1. The van der Waals surface area contributed by atoms with E-state index in [1.807, 2.05) is 30.3 Å². The third kappa shape index (κ3) is 4.13. The zero-order valence-electron chi connectivity index (χ0n) is 14.6. The summed E-state index contributed by atoms with van der Waals surface area (Å²) in [5.41, 5.74) is 1.07. The van der Waals surface area contributed by atoms with Gasteiger partial charge in [0, 0.05) is 17.8 Å². The lowest BCUT2D eigenvalue weighted by molar-refractivity contribution is 0.102. The zero-order chi connectivity index (χ0) is 18.4. The predicted molar refractivity (Wildman–Crippen MR) is 100 cm³/mol. The largest absolute Gasteiger partial charge is 0.497 e. The highest BCUT2D eigenvalue weighted by atomic mass is 16.5. The van der Waals surface area contributed by atoms with Gasteiger partial charge in [-0.3, -0.25) is 4.79 Å². The molecule has 0 aliphatic heterocycles. The molecular weight excluding hydrogens is 330 g/mol. The number of hydrogen-bond donors (Lipinski definition) is 1. The van der Waals surface area contributed by atoms with Gasteiger partial charge in [0.05, 0.1) is 19.8 Å². The highest BCUT2D eigenvalue weighted by Gasteiger charge is 2.13. The van der Waals surface area contributed by atoms with Crippen LogP contribution in [0.5, 0.6) is 23.0 Å². The van der Waals surface area contributed by atoms with Crippen molar-refractivity contribution in [1.82, 2.24) is 0 Å². The van der Waals surface area contributed by atoms with Crippen molar-refractivity contribution in [3.8, 4) is 23.0 Å². The molecule has 0 saturated heterocycles. The number of methoxy groups -OCH3 is 2. The maximum atomic E-state index is 12.7. The van der Waals surface area contributed by atoms with Gasteiger partial charge in [-0.25, -0.2) is 0 Å². The van der Waals surface area contributed by atoms with Gasteiger partial charge in [0.25, 0.3) is 5.91 Å². The topological polar surface area (TPSA) is 56.8 Å². The molecule has 1 N–H and O–H groups in total. The number of hydrogen-bond acceptors (Lipinski definition) is 4. The van der Waals surface area contributed by atoms with Gasteiger partial charge < -0.3 is 19.5 Å². The van der Waals surface area contributed by atoms with Crippen molar-refractivity contribution in [3.63, 3.8) is 0 Å². The Labute approximate surface area is 152 Å². The Kier molecular flexibility index (Phi) is 5.39. The Bertz CT molecular complexity index is 908. The van der Waals surface area contributed by atoms with Crippen molar-refractivity contribution < 1.29 is 19.0 Å². The predicted octanol–water partition coefficient (Wildman–Crippen LogP) is 4.75. The van der Waals surface area contributed by atoms with E-state index < -0.39 is 0 Å². The summed E-state index contributed by atoms with van der Waals surface area (Å²) < 4.78 is 16.3. The molecule has 0 spiro atoms.